The summed E-state index contributed by atoms with van der Waals surface area (Å²) < 4.78 is 34.5. The summed E-state index contributed by atoms with van der Waals surface area (Å²) in [5.41, 5.74) is 3.78. The Bertz CT molecular complexity index is 1440. The van der Waals surface area contributed by atoms with Crippen LogP contribution in [0.2, 0.25) is 0 Å². The Balaban J connectivity index is 2.03. The molecule has 3 aromatic rings. The Hall–Kier alpha value is -3.85. The van der Waals surface area contributed by atoms with Crippen LogP contribution in [0.3, 0.4) is 0 Å². The molecule has 1 atom stereocenters. The van der Waals surface area contributed by atoms with Crippen molar-refractivity contribution in [1.29, 1.82) is 0 Å². The van der Waals surface area contributed by atoms with Gasteiger partial charge in [0, 0.05) is 13.1 Å². The van der Waals surface area contributed by atoms with E-state index in [9.17, 15) is 18.0 Å². The molecule has 0 aliphatic carbocycles. The number of anilines is 1. The minimum Gasteiger partial charge on any atom is -0.497 e. The van der Waals surface area contributed by atoms with Gasteiger partial charge < -0.3 is 15.0 Å². The van der Waals surface area contributed by atoms with E-state index in [1.807, 2.05) is 45.9 Å². The third-order valence-corrected chi connectivity index (χ3v) is 9.02. The van der Waals surface area contributed by atoms with E-state index in [0.717, 1.165) is 39.4 Å². The normalized spacial score (nSPS) is 12.0. The maximum atomic E-state index is 14.1. The number of benzene rings is 3. The summed E-state index contributed by atoms with van der Waals surface area (Å²) in [7, 11) is -2.54. The van der Waals surface area contributed by atoms with Crippen molar-refractivity contribution in [2.75, 3.05) is 24.5 Å². The number of sulfonamides is 1. The third-order valence-electron chi connectivity index (χ3n) is 7.24. The Morgan fingerprint density at radius 3 is 2.22 bits per heavy atom. The summed E-state index contributed by atoms with van der Waals surface area (Å²) in [5, 5.41) is 2.90. The SMILES string of the molecule is CCCCNC(=O)C(C)N(Cc1ccc(OC)cc1)C(=O)CN(c1cccc(C)c1C)S(=O)(=O)c1ccc(C)cc1. The number of hydrogen-bond donors (Lipinski definition) is 1. The highest BCUT2D eigenvalue weighted by atomic mass is 32.2. The molecule has 0 radical (unpaired) electrons. The maximum Gasteiger partial charge on any atom is 0.264 e. The van der Waals surface area contributed by atoms with Crippen LogP contribution < -0.4 is 14.4 Å². The Labute approximate surface area is 244 Å². The van der Waals surface area contributed by atoms with Crippen LogP contribution in [0.25, 0.3) is 0 Å². The number of rotatable bonds is 13. The molecule has 1 N–H and O–H groups in total. The lowest BCUT2D eigenvalue weighted by molar-refractivity contribution is -0.139. The van der Waals surface area contributed by atoms with Gasteiger partial charge in [0.25, 0.3) is 10.0 Å². The molecule has 0 heterocycles. The van der Waals surface area contributed by atoms with Gasteiger partial charge in [-0.2, -0.15) is 0 Å². The topological polar surface area (TPSA) is 96.0 Å². The molecule has 0 fully saturated rings. The van der Waals surface area contributed by atoms with Crippen molar-refractivity contribution in [3.63, 3.8) is 0 Å². The number of carbonyl (C=O) groups excluding carboxylic acids is 2. The number of nitrogens with one attached hydrogen (secondary N) is 1. The Kier molecular flexibility index (Phi) is 10.9. The summed E-state index contributed by atoms with van der Waals surface area (Å²) in [5.74, 6) is -0.113. The molecule has 3 rings (SSSR count). The van der Waals surface area contributed by atoms with Crippen molar-refractivity contribution in [3.05, 3.63) is 89.0 Å². The van der Waals surface area contributed by atoms with Crippen molar-refractivity contribution < 1.29 is 22.7 Å². The number of aryl methyl sites for hydroxylation is 2. The molecule has 0 aliphatic heterocycles. The van der Waals surface area contributed by atoms with E-state index in [0.29, 0.717) is 18.0 Å². The van der Waals surface area contributed by atoms with Crippen molar-refractivity contribution in [2.45, 2.75) is 64.9 Å². The van der Waals surface area contributed by atoms with Crippen molar-refractivity contribution in [2.24, 2.45) is 0 Å². The van der Waals surface area contributed by atoms with Gasteiger partial charge in [-0.25, -0.2) is 8.42 Å². The fourth-order valence-corrected chi connectivity index (χ4v) is 5.87. The van der Waals surface area contributed by atoms with Gasteiger partial charge in [-0.3, -0.25) is 13.9 Å². The number of hydrogen-bond acceptors (Lipinski definition) is 5. The highest BCUT2D eigenvalue weighted by molar-refractivity contribution is 7.92. The molecule has 0 saturated carbocycles. The van der Waals surface area contributed by atoms with Gasteiger partial charge in [0.2, 0.25) is 11.8 Å². The van der Waals surface area contributed by atoms with Crippen molar-refractivity contribution in [1.82, 2.24) is 10.2 Å². The largest absolute Gasteiger partial charge is 0.497 e. The second kappa shape index (κ2) is 14.2. The molecule has 8 nitrogen and oxygen atoms in total. The Morgan fingerprint density at radius 2 is 1.61 bits per heavy atom. The average molecular weight is 580 g/mol. The fourth-order valence-electron chi connectivity index (χ4n) is 4.40. The fraction of sp³-hybridized carbons (Fsp3) is 0.375. The maximum absolute atomic E-state index is 14.1. The van der Waals surface area contributed by atoms with Gasteiger partial charge in [0.15, 0.2) is 0 Å². The Morgan fingerprint density at radius 1 is 0.951 bits per heavy atom. The van der Waals surface area contributed by atoms with Crippen LogP contribution >= 0.6 is 0 Å². The van der Waals surface area contributed by atoms with Crippen molar-refractivity contribution in [3.8, 4) is 5.75 Å². The number of amides is 2. The molecule has 2 amide bonds. The molecule has 0 aromatic heterocycles. The molecule has 0 aliphatic rings. The molecule has 9 heteroatoms. The average Bonchev–Trinajstić information content (AvgIpc) is 2.96. The lowest BCUT2D eigenvalue weighted by atomic mass is 10.1. The quantitative estimate of drug-likeness (QED) is 0.283. The first-order chi connectivity index (χ1) is 19.5. The summed E-state index contributed by atoms with van der Waals surface area (Å²) in [6, 6.07) is 18.3. The second-order valence-electron chi connectivity index (χ2n) is 10.2. The standard InChI is InChI=1S/C32H41N3O5S/c1-7-8-20-33-32(37)26(5)34(21-27-14-16-28(40-6)17-15-27)31(36)22-35(30-11-9-10-24(3)25(30)4)41(38,39)29-18-12-23(2)13-19-29/h9-19,26H,7-8,20-22H2,1-6H3,(H,33,37). The minimum absolute atomic E-state index is 0.0869. The smallest absolute Gasteiger partial charge is 0.264 e. The third kappa shape index (κ3) is 7.88. The van der Waals surface area contributed by atoms with E-state index in [2.05, 4.69) is 5.32 Å². The molecule has 0 saturated heterocycles. The zero-order chi connectivity index (χ0) is 30.2. The highest BCUT2D eigenvalue weighted by Crippen LogP contribution is 2.29. The van der Waals surface area contributed by atoms with Gasteiger partial charge in [-0.05, 0) is 81.1 Å². The number of carbonyl (C=O) groups is 2. The van der Waals surface area contributed by atoms with Crippen LogP contribution in [0.15, 0.2) is 71.6 Å². The van der Waals surface area contributed by atoms with Gasteiger partial charge in [-0.1, -0.05) is 55.3 Å². The van der Waals surface area contributed by atoms with E-state index >= 15 is 0 Å². The van der Waals surface area contributed by atoms with Gasteiger partial charge in [0.1, 0.15) is 18.3 Å². The lowest BCUT2D eigenvalue weighted by Gasteiger charge is -2.32. The van der Waals surface area contributed by atoms with E-state index < -0.39 is 28.5 Å². The molecule has 3 aromatic carbocycles. The van der Waals surface area contributed by atoms with E-state index in [1.54, 1.807) is 62.6 Å². The van der Waals surface area contributed by atoms with Gasteiger partial charge >= 0.3 is 0 Å². The van der Waals surface area contributed by atoms with Crippen LogP contribution in [0, 0.1) is 20.8 Å². The number of ether oxygens (including phenoxy) is 1. The van der Waals surface area contributed by atoms with E-state index in [1.165, 1.54) is 4.90 Å². The molecular weight excluding hydrogens is 538 g/mol. The van der Waals surface area contributed by atoms with E-state index in [-0.39, 0.29) is 17.3 Å². The number of unbranched alkanes of at least 4 members (excludes halogenated alkanes) is 1. The van der Waals surface area contributed by atoms with Gasteiger partial charge in [0.05, 0.1) is 17.7 Å². The zero-order valence-electron chi connectivity index (χ0n) is 24.8. The monoisotopic (exact) mass is 579 g/mol. The molecule has 41 heavy (non-hydrogen) atoms. The summed E-state index contributed by atoms with van der Waals surface area (Å²) >= 11 is 0. The van der Waals surface area contributed by atoms with Gasteiger partial charge in [-0.15, -0.1) is 0 Å². The van der Waals surface area contributed by atoms with Crippen LogP contribution in [-0.4, -0.2) is 51.4 Å². The first kappa shape index (κ1) is 31.7. The first-order valence-electron chi connectivity index (χ1n) is 13.8. The minimum atomic E-state index is -4.12. The molecular formula is C32H41N3O5S. The number of methoxy groups -OCH3 is 1. The lowest BCUT2D eigenvalue weighted by Crippen LogP contribution is -2.51. The summed E-state index contributed by atoms with van der Waals surface area (Å²) in [6.07, 6.45) is 1.74. The van der Waals surface area contributed by atoms with E-state index in [4.69, 9.17) is 4.74 Å². The molecule has 0 bridgehead atoms. The molecule has 1 unspecified atom stereocenters. The predicted molar refractivity (Wildman–Crippen MR) is 163 cm³/mol. The summed E-state index contributed by atoms with van der Waals surface area (Å²) in [4.78, 5) is 28.7. The predicted octanol–water partition coefficient (Wildman–Crippen LogP) is 5.15. The second-order valence-corrected chi connectivity index (χ2v) is 12.1. The summed E-state index contributed by atoms with van der Waals surface area (Å²) in [6.45, 7) is 9.47. The molecule has 0 spiro atoms. The van der Waals surface area contributed by atoms with Crippen LogP contribution in [0.5, 0.6) is 5.75 Å². The zero-order valence-corrected chi connectivity index (χ0v) is 25.6. The van der Waals surface area contributed by atoms with Crippen molar-refractivity contribution >= 4 is 27.5 Å². The highest BCUT2D eigenvalue weighted by Gasteiger charge is 2.33. The number of nitrogens with zero attached hydrogens (tertiary/aromatic N) is 2. The van der Waals surface area contributed by atoms with Crippen LogP contribution in [0.1, 0.15) is 48.9 Å². The van der Waals surface area contributed by atoms with Crippen LogP contribution in [0.4, 0.5) is 5.69 Å². The first-order valence-corrected chi connectivity index (χ1v) is 15.3. The van der Waals surface area contributed by atoms with Crippen LogP contribution in [-0.2, 0) is 26.2 Å². The molecule has 220 valence electrons.